The largest absolute Gasteiger partial charge is 0.497 e. The molecule has 1 aromatic rings. The summed E-state index contributed by atoms with van der Waals surface area (Å²) in [5.74, 6) is 0.700. The topological polar surface area (TPSA) is 91.1 Å². The van der Waals surface area contributed by atoms with Crippen molar-refractivity contribution in [2.45, 2.75) is 29.9 Å². The number of hydrogen-bond acceptors (Lipinski definition) is 6. The lowest BCUT2D eigenvalue weighted by Crippen LogP contribution is -2.44. The van der Waals surface area contributed by atoms with Gasteiger partial charge in [-0.25, -0.2) is 4.79 Å². The van der Waals surface area contributed by atoms with Crippen molar-refractivity contribution in [1.82, 2.24) is 4.90 Å². The van der Waals surface area contributed by atoms with Crippen molar-refractivity contribution in [2.75, 3.05) is 27.9 Å². The van der Waals surface area contributed by atoms with Crippen LogP contribution in [0.2, 0.25) is 0 Å². The van der Waals surface area contributed by atoms with Gasteiger partial charge in [-0.1, -0.05) is 0 Å². The molecular formula is C17H25IN2O5. The van der Waals surface area contributed by atoms with Gasteiger partial charge < -0.3 is 24.8 Å². The fraction of sp³-hybridized carbons (Fsp3) is 0.529. The molecule has 0 bridgehead atoms. The van der Waals surface area contributed by atoms with Crippen LogP contribution >= 0.6 is 22.6 Å². The Kier molecular flexibility index (Phi) is 8.43. The minimum Gasteiger partial charge on any atom is -0.497 e. The smallest absolute Gasteiger partial charge is 0.336 e. The van der Waals surface area contributed by atoms with E-state index in [0.29, 0.717) is 18.0 Å². The van der Waals surface area contributed by atoms with Gasteiger partial charge in [-0.15, -0.1) is 0 Å². The second-order valence-corrected chi connectivity index (χ2v) is 7.44. The van der Waals surface area contributed by atoms with Crippen LogP contribution in [-0.4, -0.2) is 48.2 Å². The number of ether oxygens (including phenoxy) is 3. The molecule has 0 radical (unpaired) electrons. The van der Waals surface area contributed by atoms with Crippen LogP contribution in [0.1, 0.15) is 25.3 Å². The van der Waals surface area contributed by atoms with Gasteiger partial charge in [-0.2, -0.15) is 0 Å². The summed E-state index contributed by atoms with van der Waals surface area (Å²) in [6.07, 6.45) is 0.350. The third-order valence-electron chi connectivity index (χ3n) is 3.64. The highest BCUT2D eigenvalue weighted by molar-refractivity contribution is 14.1. The van der Waals surface area contributed by atoms with Crippen LogP contribution in [-0.2, 0) is 20.9 Å². The van der Waals surface area contributed by atoms with E-state index in [-0.39, 0.29) is 25.4 Å². The van der Waals surface area contributed by atoms with E-state index in [9.17, 15) is 9.59 Å². The highest BCUT2D eigenvalue weighted by Gasteiger charge is 2.33. The molecular weight excluding hydrogens is 439 g/mol. The predicted octanol–water partition coefficient (Wildman–Crippen LogP) is 2.10. The Hall–Kier alpha value is -1.55. The summed E-state index contributed by atoms with van der Waals surface area (Å²) in [6, 6.07) is 5.43. The van der Waals surface area contributed by atoms with Crippen LogP contribution in [0.4, 0.5) is 0 Å². The first-order valence-electron chi connectivity index (χ1n) is 7.85. The number of amides is 1. The molecule has 25 heavy (non-hydrogen) atoms. The lowest BCUT2D eigenvalue weighted by atomic mass is 10.1. The number of carbonyl (C=O) groups is 2. The third kappa shape index (κ3) is 6.35. The second-order valence-electron chi connectivity index (χ2n) is 5.51. The molecule has 2 N–H and O–H groups in total. The maximum atomic E-state index is 12.3. The molecule has 8 heteroatoms. The Balaban J connectivity index is 2.67. The molecule has 7 nitrogen and oxygen atoms in total. The molecule has 1 rings (SSSR count). The van der Waals surface area contributed by atoms with E-state index in [1.807, 2.05) is 34.7 Å². The Bertz CT molecular complexity index is 607. The number of hydrogen-bond donors (Lipinski definition) is 1. The van der Waals surface area contributed by atoms with Gasteiger partial charge in [0.15, 0.2) is 3.55 Å². The molecule has 0 fully saturated rings. The van der Waals surface area contributed by atoms with Crippen LogP contribution in [0.15, 0.2) is 18.2 Å². The monoisotopic (exact) mass is 464 g/mol. The Morgan fingerprint density at radius 2 is 1.96 bits per heavy atom. The molecule has 1 unspecified atom stereocenters. The lowest BCUT2D eigenvalue weighted by Gasteiger charge is -2.23. The van der Waals surface area contributed by atoms with E-state index in [4.69, 9.17) is 19.9 Å². The van der Waals surface area contributed by atoms with Crippen LogP contribution in [0.3, 0.4) is 0 Å². The number of esters is 1. The number of halogens is 1. The van der Waals surface area contributed by atoms with Gasteiger partial charge in [0, 0.05) is 31.6 Å². The molecule has 1 aromatic carbocycles. The number of carbonyl (C=O) groups excluding carboxylic acids is 2. The van der Waals surface area contributed by atoms with Crippen molar-refractivity contribution in [3.63, 3.8) is 0 Å². The van der Waals surface area contributed by atoms with Crippen molar-refractivity contribution in [3.05, 3.63) is 23.8 Å². The molecule has 140 valence electrons. The number of methoxy groups -OCH3 is 2. The van der Waals surface area contributed by atoms with E-state index >= 15 is 0 Å². The second kappa shape index (κ2) is 9.81. The molecule has 0 aliphatic heterocycles. The first-order chi connectivity index (χ1) is 11.7. The summed E-state index contributed by atoms with van der Waals surface area (Å²) in [5, 5.41) is 0. The van der Waals surface area contributed by atoms with Gasteiger partial charge in [-0.3, -0.25) is 4.79 Å². The fourth-order valence-corrected chi connectivity index (χ4v) is 2.58. The summed E-state index contributed by atoms with van der Waals surface area (Å²) in [6.45, 7) is 2.35. The first kappa shape index (κ1) is 21.5. The molecule has 0 heterocycles. The van der Waals surface area contributed by atoms with Gasteiger partial charge in [0.25, 0.3) is 0 Å². The average molecular weight is 464 g/mol. The van der Waals surface area contributed by atoms with Gasteiger partial charge in [-0.05, 0) is 48.1 Å². The van der Waals surface area contributed by atoms with E-state index < -0.39 is 9.51 Å². The van der Waals surface area contributed by atoms with Crippen molar-refractivity contribution in [2.24, 2.45) is 5.73 Å². The summed E-state index contributed by atoms with van der Waals surface area (Å²) in [4.78, 5) is 25.7. The lowest BCUT2D eigenvalue weighted by molar-refractivity contribution is -0.145. The molecule has 0 saturated heterocycles. The normalized spacial score (nSPS) is 12.9. The maximum absolute atomic E-state index is 12.3. The van der Waals surface area contributed by atoms with Crippen LogP contribution in [0.25, 0.3) is 0 Å². The molecule has 0 aliphatic rings. The molecule has 0 aliphatic carbocycles. The molecule has 1 amide bonds. The van der Waals surface area contributed by atoms with Gasteiger partial charge >= 0.3 is 5.97 Å². The van der Waals surface area contributed by atoms with Crippen molar-refractivity contribution in [3.8, 4) is 11.5 Å². The number of rotatable bonds is 9. The number of alkyl halides is 1. The summed E-state index contributed by atoms with van der Waals surface area (Å²) >= 11 is 1.82. The number of benzene rings is 1. The predicted molar refractivity (Wildman–Crippen MR) is 103 cm³/mol. The highest BCUT2D eigenvalue weighted by Crippen LogP contribution is 2.26. The molecule has 0 aromatic heterocycles. The third-order valence-corrected chi connectivity index (χ3v) is 4.62. The number of nitrogens with two attached hydrogens (primary N) is 1. The summed E-state index contributed by atoms with van der Waals surface area (Å²) in [7, 11) is 4.84. The fourth-order valence-electron chi connectivity index (χ4n) is 2.16. The molecule has 0 saturated carbocycles. The van der Waals surface area contributed by atoms with E-state index in [1.54, 1.807) is 39.2 Å². The SMILES string of the molecule is CCOC(=O)C(N)(I)CCC(=O)N(C)Cc1ccc(OC)cc1OC. The van der Waals surface area contributed by atoms with Crippen LogP contribution in [0, 0.1) is 0 Å². The summed E-state index contributed by atoms with van der Waals surface area (Å²) < 4.78 is 14.2. The van der Waals surface area contributed by atoms with Crippen molar-refractivity contribution >= 4 is 34.5 Å². The average Bonchev–Trinajstić information content (AvgIpc) is 2.60. The van der Waals surface area contributed by atoms with Crippen LogP contribution in [0.5, 0.6) is 11.5 Å². The summed E-state index contributed by atoms with van der Waals surface area (Å²) in [5.41, 5.74) is 6.79. The quantitative estimate of drug-likeness (QED) is 0.261. The Morgan fingerprint density at radius 1 is 1.28 bits per heavy atom. The zero-order valence-corrected chi connectivity index (χ0v) is 17.2. The molecule has 1 atom stereocenters. The van der Waals surface area contributed by atoms with E-state index in [2.05, 4.69) is 0 Å². The highest BCUT2D eigenvalue weighted by atomic mass is 127. The van der Waals surface area contributed by atoms with Gasteiger partial charge in [0.05, 0.1) is 20.8 Å². The first-order valence-corrected chi connectivity index (χ1v) is 8.93. The van der Waals surface area contributed by atoms with Crippen molar-refractivity contribution < 1.29 is 23.8 Å². The van der Waals surface area contributed by atoms with E-state index in [1.165, 1.54) is 0 Å². The Labute approximate surface area is 161 Å². The zero-order valence-electron chi connectivity index (χ0n) is 15.0. The minimum atomic E-state index is -1.21. The van der Waals surface area contributed by atoms with E-state index in [0.717, 1.165) is 5.56 Å². The molecule has 0 spiro atoms. The number of nitrogens with zero attached hydrogens (tertiary/aromatic N) is 1. The minimum absolute atomic E-state index is 0.117. The Morgan fingerprint density at radius 3 is 2.52 bits per heavy atom. The standard InChI is InChI=1S/C17H25IN2O5/c1-5-25-16(22)17(18,19)9-8-15(21)20(2)11-12-6-7-13(23-3)10-14(12)24-4/h6-7,10H,5,8-9,11,19H2,1-4H3. The van der Waals surface area contributed by atoms with Crippen molar-refractivity contribution in [1.29, 1.82) is 0 Å². The zero-order chi connectivity index (χ0) is 19.0. The maximum Gasteiger partial charge on any atom is 0.336 e. The van der Waals surface area contributed by atoms with Crippen LogP contribution < -0.4 is 15.2 Å². The van der Waals surface area contributed by atoms with Gasteiger partial charge in [0.2, 0.25) is 5.91 Å². The van der Waals surface area contributed by atoms with Gasteiger partial charge in [0.1, 0.15) is 11.5 Å².